The van der Waals surface area contributed by atoms with Crippen molar-refractivity contribution in [2.75, 3.05) is 7.11 Å². The summed E-state index contributed by atoms with van der Waals surface area (Å²) >= 11 is 0. The highest BCUT2D eigenvalue weighted by atomic mass is 16.6. The Bertz CT molecular complexity index is 548. The van der Waals surface area contributed by atoms with Gasteiger partial charge in [-0.15, -0.1) is 0 Å². The molecule has 2 rings (SSSR count). The van der Waals surface area contributed by atoms with Crippen LogP contribution in [0.1, 0.15) is 33.5 Å². The van der Waals surface area contributed by atoms with Crippen LogP contribution in [0.4, 0.5) is 0 Å². The summed E-state index contributed by atoms with van der Waals surface area (Å²) < 4.78 is 5.32. The SMILES string of the molecule is CO/N=C1\C(=C(/C)c2ccco2)C(=O)N1C(C)(C)C. The third-order valence-electron chi connectivity index (χ3n) is 2.97. The van der Waals surface area contributed by atoms with E-state index >= 15 is 0 Å². The topological polar surface area (TPSA) is 55.0 Å². The molecule has 0 unspecified atom stereocenters. The van der Waals surface area contributed by atoms with E-state index in [9.17, 15) is 4.79 Å². The molecule has 1 aromatic rings. The molecule has 0 radical (unpaired) electrons. The van der Waals surface area contributed by atoms with Crippen LogP contribution in [0.5, 0.6) is 0 Å². The van der Waals surface area contributed by atoms with Gasteiger partial charge in [0.05, 0.1) is 11.8 Å². The van der Waals surface area contributed by atoms with Gasteiger partial charge in [-0.3, -0.25) is 9.69 Å². The molecule has 0 bridgehead atoms. The quantitative estimate of drug-likeness (QED) is 0.468. The van der Waals surface area contributed by atoms with Gasteiger partial charge in [0.15, 0.2) is 5.84 Å². The Morgan fingerprint density at radius 3 is 2.58 bits per heavy atom. The predicted molar refractivity (Wildman–Crippen MR) is 72.3 cm³/mol. The summed E-state index contributed by atoms with van der Waals surface area (Å²) in [7, 11) is 1.47. The lowest BCUT2D eigenvalue weighted by Gasteiger charge is -2.44. The molecule has 102 valence electrons. The third kappa shape index (κ3) is 2.16. The van der Waals surface area contributed by atoms with Crippen molar-refractivity contribution in [2.45, 2.75) is 33.2 Å². The zero-order chi connectivity index (χ0) is 14.2. The summed E-state index contributed by atoms with van der Waals surface area (Å²) in [6, 6.07) is 3.61. The number of furan rings is 1. The van der Waals surface area contributed by atoms with Gasteiger partial charge >= 0.3 is 0 Å². The molecule has 1 aromatic heterocycles. The minimum Gasteiger partial charge on any atom is -0.465 e. The van der Waals surface area contributed by atoms with Crippen LogP contribution < -0.4 is 0 Å². The van der Waals surface area contributed by atoms with Crippen LogP contribution in [0.25, 0.3) is 5.57 Å². The fourth-order valence-electron chi connectivity index (χ4n) is 2.10. The molecule has 0 aromatic carbocycles. The normalized spacial score (nSPS) is 20.6. The molecule has 0 N–H and O–H groups in total. The fourth-order valence-corrected chi connectivity index (χ4v) is 2.10. The minimum absolute atomic E-state index is 0.0581. The Kier molecular flexibility index (Phi) is 3.22. The molecule has 19 heavy (non-hydrogen) atoms. The fraction of sp³-hybridized carbons (Fsp3) is 0.429. The van der Waals surface area contributed by atoms with Crippen molar-refractivity contribution in [3.63, 3.8) is 0 Å². The molecule has 0 saturated carbocycles. The monoisotopic (exact) mass is 262 g/mol. The van der Waals surface area contributed by atoms with E-state index in [1.165, 1.54) is 7.11 Å². The lowest BCUT2D eigenvalue weighted by molar-refractivity contribution is -0.129. The van der Waals surface area contributed by atoms with E-state index in [1.807, 2.05) is 33.8 Å². The van der Waals surface area contributed by atoms with Gasteiger partial charge in [0.2, 0.25) is 0 Å². The van der Waals surface area contributed by atoms with Gasteiger partial charge in [-0.25, -0.2) is 0 Å². The third-order valence-corrected chi connectivity index (χ3v) is 2.97. The summed E-state index contributed by atoms with van der Waals surface area (Å²) in [5, 5.41) is 3.96. The van der Waals surface area contributed by atoms with Crippen molar-refractivity contribution in [3.05, 3.63) is 29.7 Å². The van der Waals surface area contributed by atoms with E-state index in [2.05, 4.69) is 5.16 Å². The number of hydrogen-bond donors (Lipinski definition) is 0. The summed E-state index contributed by atoms with van der Waals surface area (Å²) in [5.74, 6) is 1.16. The van der Waals surface area contributed by atoms with Gasteiger partial charge in [-0.2, -0.15) is 0 Å². The van der Waals surface area contributed by atoms with Crippen molar-refractivity contribution >= 4 is 17.3 Å². The van der Waals surface area contributed by atoms with E-state index < -0.39 is 0 Å². The van der Waals surface area contributed by atoms with Crippen LogP contribution in [0.3, 0.4) is 0 Å². The number of β-lactam (4-membered cyclic amide) rings is 1. The summed E-state index contributed by atoms with van der Waals surface area (Å²) in [6.45, 7) is 7.70. The lowest BCUT2D eigenvalue weighted by atomic mass is 9.91. The minimum atomic E-state index is -0.332. The molecule has 1 amide bonds. The van der Waals surface area contributed by atoms with E-state index in [0.29, 0.717) is 17.2 Å². The number of allylic oxidation sites excluding steroid dienone is 1. The van der Waals surface area contributed by atoms with Crippen molar-refractivity contribution in [1.82, 2.24) is 4.90 Å². The van der Waals surface area contributed by atoms with Gasteiger partial charge in [-0.1, -0.05) is 5.16 Å². The molecule has 2 heterocycles. The standard InChI is InChI=1S/C14H18N2O3/c1-9(10-7-6-8-19-10)11-12(15-18-5)16(13(11)17)14(2,3)4/h6-8H,1-5H3/b11-9-,15-12+. The number of carbonyl (C=O) groups excluding carboxylic acids is 1. The lowest BCUT2D eigenvalue weighted by Crippen LogP contribution is -2.60. The largest absolute Gasteiger partial charge is 0.465 e. The Morgan fingerprint density at radius 2 is 2.11 bits per heavy atom. The second-order valence-corrected chi connectivity index (χ2v) is 5.39. The van der Waals surface area contributed by atoms with Crippen LogP contribution in [0.15, 0.2) is 33.5 Å². The molecule has 1 fully saturated rings. The van der Waals surface area contributed by atoms with E-state index in [0.717, 1.165) is 5.57 Å². The molecular weight excluding hydrogens is 244 g/mol. The molecule has 1 aliphatic rings. The molecule has 1 aliphatic heterocycles. The smallest absolute Gasteiger partial charge is 0.264 e. The Balaban J connectivity index is 2.46. The van der Waals surface area contributed by atoms with E-state index in [-0.39, 0.29) is 11.4 Å². The van der Waals surface area contributed by atoms with Gasteiger partial charge in [0.25, 0.3) is 5.91 Å². The van der Waals surface area contributed by atoms with Gasteiger partial charge < -0.3 is 9.25 Å². The van der Waals surface area contributed by atoms with E-state index in [4.69, 9.17) is 9.25 Å². The maximum absolute atomic E-state index is 12.3. The average molecular weight is 262 g/mol. The second-order valence-electron chi connectivity index (χ2n) is 5.39. The summed E-state index contributed by atoms with van der Waals surface area (Å²) in [5.41, 5.74) is 0.986. The number of nitrogens with zero attached hydrogens (tertiary/aromatic N) is 2. The summed E-state index contributed by atoms with van der Waals surface area (Å²) in [4.78, 5) is 18.8. The molecule has 1 saturated heterocycles. The Morgan fingerprint density at radius 1 is 1.42 bits per heavy atom. The van der Waals surface area contributed by atoms with Gasteiger partial charge in [0, 0.05) is 11.1 Å². The first kappa shape index (κ1) is 13.4. The van der Waals surface area contributed by atoms with Crippen molar-refractivity contribution < 1.29 is 14.0 Å². The van der Waals surface area contributed by atoms with Crippen LogP contribution in [-0.2, 0) is 9.63 Å². The molecule has 0 atom stereocenters. The zero-order valence-electron chi connectivity index (χ0n) is 11.9. The summed E-state index contributed by atoms with van der Waals surface area (Å²) in [6.07, 6.45) is 1.58. The molecule has 5 heteroatoms. The molecule has 0 aliphatic carbocycles. The maximum atomic E-state index is 12.3. The van der Waals surface area contributed by atoms with Crippen LogP contribution in [-0.4, -0.2) is 29.3 Å². The van der Waals surface area contributed by atoms with Crippen LogP contribution >= 0.6 is 0 Å². The first-order valence-corrected chi connectivity index (χ1v) is 6.08. The zero-order valence-corrected chi connectivity index (χ0v) is 11.9. The van der Waals surface area contributed by atoms with E-state index in [1.54, 1.807) is 17.2 Å². The number of likely N-dealkylation sites (tertiary alicyclic amines) is 1. The van der Waals surface area contributed by atoms with Crippen molar-refractivity contribution in [2.24, 2.45) is 5.16 Å². The number of hydrogen-bond acceptors (Lipinski definition) is 4. The predicted octanol–water partition coefficient (Wildman–Crippen LogP) is 2.65. The Labute approximate surface area is 112 Å². The first-order chi connectivity index (χ1) is 8.88. The average Bonchev–Trinajstić information content (AvgIpc) is 2.79. The van der Waals surface area contributed by atoms with Crippen LogP contribution in [0.2, 0.25) is 0 Å². The molecular formula is C14H18N2O3. The maximum Gasteiger partial charge on any atom is 0.264 e. The number of oxime groups is 1. The highest BCUT2D eigenvalue weighted by Gasteiger charge is 2.47. The number of rotatable bonds is 2. The molecule has 0 spiro atoms. The van der Waals surface area contributed by atoms with Crippen LogP contribution in [0, 0.1) is 0 Å². The number of amidine groups is 1. The van der Waals surface area contributed by atoms with Crippen molar-refractivity contribution in [1.29, 1.82) is 0 Å². The van der Waals surface area contributed by atoms with Crippen molar-refractivity contribution in [3.8, 4) is 0 Å². The van der Waals surface area contributed by atoms with Gasteiger partial charge in [0.1, 0.15) is 12.9 Å². The number of carbonyl (C=O) groups is 1. The number of amides is 1. The second kappa shape index (κ2) is 4.57. The highest BCUT2D eigenvalue weighted by molar-refractivity contribution is 6.39. The Hall–Kier alpha value is -2.04. The first-order valence-electron chi connectivity index (χ1n) is 6.08. The highest BCUT2D eigenvalue weighted by Crippen LogP contribution is 2.34. The molecule has 5 nitrogen and oxygen atoms in total. The van der Waals surface area contributed by atoms with Gasteiger partial charge in [-0.05, 0) is 39.8 Å².